The average molecular weight is 213 g/mol. The number of hydrogen-bond donors (Lipinski definition) is 2. The number of carbonyl (C=O) groups is 1. The number of carboxylic acids is 1. The molecule has 1 rings (SSSR count). The van der Waals surface area contributed by atoms with Crippen LogP contribution in [0.15, 0.2) is 11.1 Å². The van der Waals surface area contributed by atoms with Crippen LogP contribution < -0.4 is 15.2 Å². The molecule has 0 saturated heterocycles. The normalized spacial score (nSPS) is 9.73. The number of H-pyrrole nitrogens is 1. The van der Waals surface area contributed by atoms with Crippen LogP contribution in [0.2, 0.25) is 0 Å². The molecule has 0 bridgehead atoms. The van der Waals surface area contributed by atoms with Gasteiger partial charge in [-0.05, 0) is 0 Å². The van der Waals surface area contributed by atoms with Crippen LogP contribution in [-0.4, -0.2) is 41.7 Å². The zero-order valence-corrected chi connectivity index (χ0v) is 8.35. The molecule has 82 valence electrons. The third kappa shape index (κ3) is 2.46. The summed E-state index contributed by atoms with van der Waals surface area (Å²) >= 11 is 0. The van der Waals surface area contributed by atoms with Gasteiger partial charge in [-0.25, -0.2) is 4.98 Å². The number of hydrogen-bond acceptors (Lipinski definition) is 5. The van der Waals surface area contributed by atoms with Gasteiger partial charge in [-0.1, -0.05) is 0 Å². The molecule has 0 atom stereocenters. The highest BCUT2D eigenvalue weighted by Crippen LogP contribution is 2.17. The van der Waals surface area contributed by atoms with Crippen LogP contribution in [0.1, 0.15) is 0 Å². The Hall–Kier alpha value is -2.05. The Morgan fingerprint density at radius 1 is 1.73 bits per heavy atom. The smallest absolute Gasteiger partial charge is 0.323 e. The molecule has 0 radical (unpaired) electrons. The van der Waals surface area contributed by atoms with Gasteiger partial charge in [0.15, 0.2) is 5.82 Å². The van der Waals surface area contributed by atoms with Crippen molar-refractivity contribution in [2.24, 2.45) is 0 Å². The summed E-state index contributed by atoms with van der Waals surface area (Å²) in [7, 11) is 2.84. The molecule has 0 amide bonds. The number of nitrogens with one attached hydrogen (secondary N) is 1. The molecule has 7 nitrogen and oxygen atoms in total. The lowest BCUT2D eigenvalue weighted by Gasteiger charge is -2.16. The highest BCUT2D eigenvalue weighted by molar-refractivity contribution is 5.73. The van der Waals surface area contributed by atoms with E-state index in [1.165, 1.54) is 25.4 Å². The van der Waals surface area contributed by atoms with E-state index >= 15 is 0 Å². The molecule has 0 aromatic carbocycles. The second-order valence-electron chi connectivity index (χ2n) is 2.84. The van der Waals surface area contributed by atoms with E-state index in [1.807, 2.05) is 0 Å². The Morgan fingerprint density at radius 3 is 2.93 bits per heavy atom. The zero-order chi connectivity index (χ0) is 11.4. The molecule has 0 fully saturated rings. The van der Waals surface area contributed by atoms with Crippen molar-refractivity contribution in [1.82, 2.24) is 9.97 Å². The van der Waals surface area contributed by atoms with Gasteiger partial charge in [-0.2, -0.15) is 0 Å². The van der Waals surface area contributed by atoms with Gasteiger partial charge >= 0.3 is 5.97 Å². The molecule has 0 aliphatic carbocycles. The van der Waals surface area contributed by atoms with E-state index in [4.69, 9.17) is 9.84 Å². The fourth-order valence-electron chi connectivity index (χ4n) is 1.11. The van der Waals surface area contributed by atoms with Crippen molar-refractivity contribution in [3.05, 3.63) is 16.7 Å². The van der Waals surface area contributed by atoms with E-state index < -0.39 is 11.5 Å². The Labute approximate surface area is 85.3 Å². The summed E-state index contributed by atoms with van der Waals surface area (Å²) in [4.78, 5) is 29.2. The summed E-state index contributed by atoms with van der Waals surface area (Å²) < 4.78 is 4.84. The number of aromatic nitrogens is 2. The van der Waals surface area contributed by atoms with Gasteiger partial charge in [-0.15, -0.1) is 0 Å². The molecule has 0 aliphatic rings. The minimum absolute atomic E-state index is 0.00116. The topological polar surface area (TPSA) is 95.5 Å². The number of methoxy groups -OCH3 is 1. The summed E-state index contributed by atoms with van der Waals surface area (Å²) in [5.41, 5.74) is -0.445. The van der Waals surface area contributed by atoms with E-state index in [9.17, 15) is 9.59 Å². The summed E-state index contributed by atoms with van der Waals surface area (Å²) in [6, 6.07) is 0. The fourth-order valence-corrected chi connectivity index (χ4v) is 1.11. The maximum absolute atomic E-state index is 11.3. The number of ether oxygens (including phenoxy) is 1. The minimum Gasteiger partial charge on any atom is -0.489 e. The lowest BCUT2D eigenvalue weighted by atomic mass is 10.4. The van der Waals surface area contributed by atoms with Crippen LogP contribution in [-0.2, 0) is 4.79 Å². The van der Waals surface area contributed by atoms with Gasteiger partial charge in [0.05, 0.1) is 13.4 Å². The first-order valence-corrected chi connectivity index (χ1v) is 4.11. The van der Waals surface area contributed by atoms with E-state index in [0.29, 0.717) is 0 Å². The van der Waals surface area contributed by atoms with Gasteiger partial charge < -0.3 is 19.7 Å². The molecule has 2 N–H and O–H groups in total. The zero-order valence-electron chi connectivity index (χ0n) is 8.35. The molecule has 1 heterocycles. The van der Waals surface area contributed by atoms with Crippen molar-refractivity contribution in [2.75, 3.05) is 25.6 Å². The first-order chi connectivity index (χ1) is 7.06. The van der Waals surface area contributed by atoms with Gasteiger partial charge in [0.1, 0.15) is 6.54 Å². The van der Waals surface area contributed by atoms with Crippen molar-refractivity contribution in [2.45, 2.75) is 0 Å². The second kappa shape index (κ2) is 4.45. The van der Waals surface area contributed by atoms with E-state index in [2.05, 4.69) is 9.97 Å². The molecule has 15 heavy (non-hydrogen) atoms. The molecule has 7 heteroatoms. The molecule has 0 spiro atoms. The predicted octanol–water partition coefficient (Wildman–Crippen LogP) is -0.701. The largest absolute Gasteiger partial charge is 0.489 e. The number of likely N-dealkylation sites (N-methyl/N-ethyl adjacent to an activating group) is 1. The second-order valence-corrected chi connectivity index (χ2v) is 2.84. The van der Waals surface area contributed by atoms with Crippen LogP contribution in [0.25, 0.3) is 0 Å². The maximum atomic E-state index is 11.3. The molecule has 1 aromatic heterocycles. The number of aromatic amines is 1. The monoisotopic (exact) mass is 213 g/mol. The minimum atomic E-state index is -1.01. The van der Waals surface area contributed by atoms with Crippen LogP contribution in [0.3, 0.4) is 0 Å². The molecule has 0 saturated carbocycles. The number of aliphatic carboxylic acids is 1. The summed E-state index contributed by atoms with van der Waals surface area (Å²) in [6.07, 6.45) is 1.19. The third-order valence-electron chi connectivity index (χ3n) is 1.73. The average Bonchev–Trinajstić information content (AvgIpc) is 2.16. The Morgan fingerprint density at radius 2 is 2.40 bits per heavy atom. The number of carboxylic acid groups (broad SMARTS) is 1. The summed E-state index contributed by atoms with van der Waals surface area (Å²) in [5, 5.41) is 8.58. The number of nitrogens with zero attached hydrogens (tertiary/aromatic N) is 2. The molecular formula is C8H11N3O4. The lowest BCUT2D eigenvalue weighted by molar-refractivity contribution is -0.135. The standard InChI is InChI=1S/C8H11N3O4/c1-11(3-5(12)13)7-6(15-2)8(14)10-4-9-7/h4H,3H2,1-2H3,(H,12,13)(H,9,10,14). The highest BCUT2D eigenvalue weighted by atomic mass is 16.5. The molecular weight excluding hydrogens is 202 g/mol. The summed E-state index contributed by atoms with van der Waals surface area (Å²) in [5.74, 6) is -0.813. The summed E-state index contributed by atoms with van der Waals surface area (Å²) in [6.45, 7) is -0.257. The van der Waals surface area contributed by atoms with Gasteiger partial charge in [0.25, 0.3) is 5.56 Å². The lowest BCUT2D eigenvalue weighted by Crippen LogP contribution is -2.28. The third-order valence-corrected chi connectivity index (χ3v) is 1.73. The van der Waals surface area contributed by atoms with E-state index in [1.54, 1.807) is 0 Å². The van der Waals surface area contributed by atoms with E-state index in [-0.39, 0.29) is 18.1 Å². The highest BCUT2D eigenvalue weighted by Gasteiger charge is 2.15. The molecule has 0 unspecified atom stereocenters. The van der Waals surface area contributed by atoms with Crippen molar-refractivity contribution >= 4 is 11.8 Å². The number of rotatable bonds is 4. The van der Waals surface area contributed by atoms with Crippen LogP contribution >= 0.6 is 0 Å². The Bertz CT molecular complexity index is 415. The van der Waals surface area contributed by atoms with Crippen LogP contribution in [0.5, 0.6) is 5.75 Å². The first-order valence-electron chi connectivity index (χ1n) is 4.11. The van der Waals surface area contributed by atoms with Crippen molar-refractivity contribution in [3.63, 3.8) is 0 Å². The first kappa shape index (κ1) is 11.0. The van der Waals surface area contributed by atoms with Crippen LogP contribution in [0, 0.1) is 0 Å². The fraction of sp³-hybridized carbons (Fsp3) is 0.375. The van der Waals surface area contributed by atoms with Gasteiger partial charge in [0.2, 0.25) is 5.75 Å². The van der Waals surface area contributed by atoms with Crippen molar-refractivity contribution in [3.8, 4) is 5.75 Å². The van der Waals surface area contributed by atoms with Gasteiger partial charge in [-0.3, -0.25) is 9.59 Å². The molecule has 1 aromatic rings. The van der Waals surface area contributed by atoms with Gasteiger partial charge in [0, 0.05) is 7.05 Å². The SMILES string of the molecule is COc1c(N(C)CC(=O)O)nc[nH]c1=O. The Balaban J connectivity index is 3.08. The van der Waals surface area contributed by atoms with Crippen LogP contribution in [0.4, 0.5) is 5.82 Å². The van der Waals surface area contributed by atoms with Crippen molar-refractivity contribution in [1.29, 1.82) is 0 Å². The molecule has 0 aliphatic heterocycles. The number of anilines is 1. The maximum Gasteiger partial charge on any atom is 0.323 e. The Kier molecular flexibility index (Phi) is 3.27. The predicted molar refractivity (Wildman–Crippen MR) is 52.3 cm³/mol. The quantitative estimate of drug-likeness (QED) is 0.686. The van der Waals surface area contributed by atoms with E-state index in [0.717, 1.165) is 0 Å². The van der Waals surface area contributed by atoms with Crippen molar-refractivity contribution < 1.29 is 14.6 Å².